The van der Waals surface area contributed by atoms with Crippen LogP contribution in [0.25, 0.3) is 0 Å². The molecule has 0 aliphatic carbocycles. The first-order valence-corrected chi connectivity index (χ1v) is 8.81. The van der Waals surface area contributed by atoms with Crippen molar-refractivity contribution >= 4 is 12.1 Å². The van der Waals surface area contributed by atoms with Crippen molar-refractivity contribution in [1.29, 1.82) is 0 Å². The standard InChI is InChI=1S/C20H31NO4/c1-14(2)13-20(18(22)24-7,17-11-9-8-10-12-17)25-19(23)21(15(3)4)16(5)6/h8-12,14-16H,13H2,1-7H3/t20-/m1/s1. The van der Waals surface area contributed by atoms with E-state index in [2.05, 4.69) is 0 Å². The molecule has 0 saturated carbocycles. The van der Waals surface area contributed by atoms with Crippen molar-refractivity contribution in [1.82, 2.24) is 4.90 Å². The van der Waals surface area contributed by atoms with Crippen LogP contribution in [0.4, 0.5) is 4.79 Å². The smallest absolute Gasteiger partial charge is 0.411 e. The molecule has 5 nitrogen and oxygen atoms in total. The zero-order chi connectivity index (χ0) is 19.2. The molecule has 5 heteroatoms. The summed E-state index contributed by atoms with van der Waals surface area (Å²) in [7, 11) is 1.32. The Kier molecular flexibility index (Phi) is 7.46. The third-order valence-electron chi connectivity index (χ3n) is 4.04. The molecule has 0 fully saturated rings. The number of carbonyl (C=O) groups is 2. The van der Waals surface area contributed by atoms with Crippen molar-refractivity contribution in [2.45, 2.75) is 65.6 Å². The zero-order valence-electron chi connectivity index (χ0n) is 16.4. The maximum Gasteiger partial charge on any atom is 0.411 e. The van der Waals surface area contributed by atoms with E-state index in [1.165, 1.54) is 7.11 Å². The fourth-order valence-electron chi connectivity index (χ4n) is 3.13. The SMILES string of the molecule is COC(=O)[C@](CC(C)C)(OC(=O)N(C(C)C)C(C)C)c1ccccc1. The van der Waals surface area contributed by atoms with E-state index >= 15 is 0 Å². The number of hydrogen-bond acceptors (Lipinski definition) is 4. The van der Waals surface area contributed by atoms with E-state index in [1.54, 1.807) is 17.0 Å². The molecule has 0 radical (unpaired) electrons. The zero-order valence-corrected chi connectivity index (χ0v) is 16.4. The Bertz CT molecular complexity index is 560. The lowest BCUT2D eigenvalue weighted by atomic mass is 9.85. The van der Waals surface area contributed by atoms with Gasteiger partial charge in [-0.05, 0) is 33.6 Å². The van der Waals surface area contributed by atoms with Crippen LogP contribution in [0.2, 0.25) is 0 Å². The first-order chi connectivity index (χ1) is 11.7. The van der Waals surface area contributed by atoms with Gasteiger partial charge in [0.1, 0.15) is 0 Å². The highest BCUT2D eigenvalue weighted by Crippen LogP contribution is 2.35. The predicted molar refractivity (Wildman–Crippen MR) is 98.2 cm³/mol. The van der Waals surface area contributed by atoms with Crippen LogP contribution < -0.4 is 0 Å². The van der Waals surface area contributed by atoms with Gasteiger partial charge in [-0.3, -0.25) is 0 Å². The third-order valence-corrected chi connectivity index (χ3v) is 4.04. The van der Waals surface area contributed by atoms with Crippen molar-refractivity contribution in [2.75, 3.05) is 7.11 Å². The molecule has 0 N–H and O–H groups in total. The third kappa shape index (κ3) is 4.97. The quantitative estimate of drug-likeness (QED) is 0.687. The van der Waals surface area contributed by atoms with Crippen LogP contribution in [-0.2, 0) is 19.9 Å². The highest BCUT2D eigenvalue weighted by atomic mass is 16.6. The van der Waals surface area contributed by atoms with Gasteiger partial charge in [0.2, 0.25) is 5.60 Å². The molecule has 1 atom stereocenters. The van der Waals surface area contributed by atoms with E-state index in [-0.39, 0.29) is 18.0 Å². The van der Waals surface area contributed by atoms with E-state index < -0.39 is 17.7 Å². The second-order valence-corrected chi connectivity index (χ2v) is 7.25. The Morgan fingerprint density at radius 1 is 1.00 bits per heavy atom. The van der Waals surface area contributed by atoms with Crippen molar-refractivity contribution < 1.29 is 19.1 Å². The summed E-state index contributed by atoms with van der Waals surface area (Å²) in [6, 6.07) is 9.00. The molecule has 25 heavy (non-hydrogen) atoms. The molecule has 0 bridgehead atoms. The van der Waals surface area contributed by atoms with Crippen molar-refractivity contribution in [3.8, 4) is 0 Å². The molecule has 0 aliphatic rings. The lowest BCUT2D eigenvalue weighted by Crippen LogP contribution is -2.49. The Morgan fingerprint density at radius 2 is 1.52 bits per heavy atom. The Labute approximate surface area is 151 Å². The molecule has 0 spiro atoms. The van der Waals surface area contributed by atoms with E-state index in [4.69, 9.17) is 9.47 Å². The average molecular weight is 349 g/mol. The number of hydrogen-bond donors (Lipinski definition) is 0. The molecule has 0 saturated heterocycles. The highest BCUT2D eigenvalue weighted by Gasteiger charge is 2.47. The molecule has 1 aromatic rings. The van der Waals surface area contributed by atoms with Gasteiger partial charge in [0.25, 0.3) is 0 Å². The van der Waals surface area contributed by atoms with Crippen LogP contribution in [-0.4, -0.2) is 36.2 Å². The Balaban J connectivity index is 3.39. The fraction of sp³-hybridized carbons (Fsp3) is 0.600. The summed E-state index contributed by atoms with van der Waals surface area (Å²) < 4.78 is 10.9. The van der Waals surface area contributed by atoms with Gasteiger partial charge in [-0.1, -0.05) is 44.2 Å². The molecule has 0 aliphatic heterocycles. The highest BCUT2D eigenvalue weighted by molar-refractivity contribution is 5.84. The number of rotatable bonds is 7. The number of methoxy groups -OCH3 is 1. The van der Waals surface area contributed by atoms with Crippen LogP contribution in [0.3, 0.4) is 0 Å². The van der Waals surface area contributed by atoms with Gasteiger partial charge in [-0.15, -0.1) is 0 Å². The summed E-state index contributed by atoms with van der Waals surface area (Å²) in [5, 5.41) is 0. The van der Waals surface area contributed by atoms with Crippen molar-refractivity contribution in [3.05, 3.63) is 35.9 Å². The first-order valence-electron chi connectivity index (χ1n) is 8.81. The number of carbonyl (C=O) groups excluding carboxylic acids is 2. The molecule has 1 aromatic carbocycles. The topological polar surface area (TPSA) is 55.8 Å². The summed E-state index contributed by atoms with van der Waals surface area (Å²) in [5.74, 6) is -0.438. The van der Waals surface area contributed by atoms with Gasteiger partial charge in [-0.25, -0.2) is 9.59 Å². The first kappa shape index (κ1) is 21.0. The second-order valence-electron chi connectivity index (χ2n) is 7.25. The minimum absolute atomic E-state index is 0.0438. The van der Waals surface area contributed by atoms with Gasteiger partial charge < -0.3 is 14.4 Å². The second kappa shape index (κ2) is 8.88. The van der Waals surface area contributed by atoms with Crippen LogP contribution in [0.1, 0.15) is 53.5 Å². The van der Waals surface area contributed by atoms with E-state index in [0.29, 0.717) is 12.0 Å². The van der Waals surface area contributed by atoms with Crippen molar-refractivity contribution in [3.63, 3.8) is 0 Å². The molecule has 140 valence electrons. The lowest BCUT2D eigenvalue weighted by molar-refractivity contribution is -0.167. The summed E-state index contributed by atoms with van der Waals surface area (Å²) in [4.78, 5) is 27.3. The van der Waals surface area contributed by atoms with Gasteiger partial charge in [-0.2, -0.15) is 0 Å². The predicted octanol–water partition coefficient (Wildman–Crippen LogP) is 4.36. The van der Waals surface area contributed by atoms with Crippen LogP contribution >= 0.6 is 0 Å². The van der Waals surface area contributed by atoms with E-state index in [0.717, 1.165) is 0 Å². The Morgan fingerprint density at radius 3 is 1.92 bits per heavy atom. The number of ether oxygens (including phenoxy) is 2. The Hall–Kier alpha value is -2.04. The fourth-order valence-corrected chi connectivity index (χ4v) is 3.13. The van der Waals surface area contributed by atoms with Gasteiger partial charge in [0.15, 0.2) is 0 Å². The van der Waals surface area contributed by atoms with Crippen LogP contribution in [0.5, 0.6) is 0 Å². The van der Waals surface area contributed by atoms with Gasteiger partial charge >= 0.3 is 12.1 Å². The van der Waals surface area contributed by atoms with Crippen LogP contribution in [0, 0.1) is 5.92 Å². The van der Waals surface area contributed by atoms with Gasteiger partial charge in [0.05, 0.1) is 7.11 Å². The van der Waals surface area contributed by atoms with E-state index in [1.807, 2.05) is 59.7 Å². The number of esters is 1. The lowest BCUT2D eigenvalue weighted by Gasteiger charge is -2.37. The van der Waals surface area contributed by atoms with Crippen molar-refractivity contribution in [2.24, 2.45) is 5.92 Å². The number of benzene rings is 1. The minimum atomic E-state index is -1.46. The molecule has 0 heterocycles. The largest absolute Gasteiger partial charge is 0.466 e. The summed E-state index contributed by atoms with van der Waals surface area (Å²) in [6.07, 6.45) is -0.167. The van der Waals surface area contributed by atoms with Gasteiger partial charge in [0, 0.05) is 24.1 Å². The maximum atomic E-state index is 12.9. The summed E-state index contributed by atoms with van der Waals surface area (Å²) in [5.41, 5.74) is -0.833. The summed E-state index contributed by atoms with van der Waals surface area (Å²) >= 11 is 0. The van der Waals surface area contributed by atoms with E-state index in [9.17, 15) is 9.59 Å². The normalized spacial score (nSPS) is 13.7. The average Bonchev–Trinajstić information content (AvgIpc) is 2.52. The minimum Gasteiger partial charge on any atom is -0.466 e. The number of nitrogens with zero attached hydrogens (tertiary/aromatic N) is 1. The molecular formula is C20H31NO4. The summed E-state index contributed by atoms with van der Waals surface area (Å²) in [6.45, 7) is 11.7. The molecular weight excluding hydrogens is 318 g/mol. The maximum absolute atomic E-state index is 12.9. The molecule has 1 amide bonds. The monoisotopic (exact) mass is 349 g/mol. The molecule has 1 rings (SSSR count). The molecule has 0 aromatic heterocycles. The number of amides is 1. The molecule has 0 unspecified atom stereocenters. The van der Waals surface area contributed by atoms with Crippen LogP contribution in [0.15, 0.2) is 30.3 Å².